The molecule has 0 radical (unpaired) electrons. The van der Waals surface area contributed by atoms with E-state index in [9.17, 15) is 13.2 Å². The third kappa shape index (κ3) is 5.01. The number of rotatable bonds is 6. The number of allylic oxidation sites excluding steroid dienone is 1. The predicted molar refractivity (Wildman–Crippen MR) is 123 cm³/mol. The first kappa shape index (κ1) is 23.1. The van der Waals surface area contributed by atoms with E-state index < -0.39 is 11.9 Å². The van der Waals surface area contributed by atoms with Crippen LogP contribution < -0.4 is 11.5 Å². The molecule has 0 unspecified atom stereocenters. The fourth-order valence-corrected chi connectivity index (χ4v) is 4.18. The Hall–Kier alpha value is -2.59. The molecule has 31 heavy (non-hydrogen) atoms. The Balaban J connectivity index is 2.09. The smallest absolute Gasteiger partial charge is 0.395 e. The molecule has 10 heteroatoms. The Kier molecular flexibility index (Phi) is 6.90. The Labute approximate surface area is 187 Å². The summed E-state index contributed by atoms with van der Waals surface area (Å²) in [7, 11) is 1.64. The first-order chi connectivity index (χ1) is 14.7. The van der Waals surface area contributed by atoms with Gasteiger partial charge in [-0.25, -0.2) is 4.98 Å². The van der Waals surface area contributed by atoms with Crippen molar-refractivity contribution in [2.45, 2.75) is 22.9 Å². The van der Waals surface area contributed by atoms with Gasteiger partial charge in [0.25, 0.3) is 0 Å². The fraction of sp³-hybridized carbons (Fsp3) is 0.238. The molecule has 4 N–H and O–H groups in total. The quantitative estimate of drug-likeness (QED) is 0.473. The number of alkyl halides is 3. The van der Waals surface area contributed by atoms with Gasteiger partial charge in [0.05, 0.1) is 0 Å². The van der Waals surface area contributed by atoms with Gasteiger partial charge < -0.3 is 16.0 Å². The van der Waals surface area contributed by atoms with Gasteiger partial charge in [0.1, 0.15) is 22.9 Å². The molecule has 0 saturated heterocycles. The van der Waals surface area contributed by atoms with Crippen LogP contribution in [-0.2, 0) is 7.05 Å². The molecule has 3 rings (SSSR count). The number of nitrogens with two attached hydrogens (primary N) is 2. The molecule has 0 aliphatic heterocycles. The van der Waals surface area contributed by atoms with Crippen LogP contribution in [0.4, 0.5) is 19.0 Å². The van der Waals surface area contributed by atoms with Crippen molar-refractivity contribution in [1.29, 1.82) is 0 Å². The topological polar surface area (TPSA) is 82.8 Å². The van der Waals surface area contributed by atoms with Crippen LogP contribution in [0.25, 0.3) is 28.7 Å². The number of imidazole rings is 1. The molecule has 1 aromatic carbocycles. The normalized spacial score (nSPS) is 12.4. The van der Waals surface area contributed by atoms with Crippen LogP contribution in [0.15, 0.2) is 52.0 Å². The minimum atomic E-state index is -4.65. The Morgan fingerprint density at radius 1 is 1.23 bits per heavy atom. The van der Waals surface area contributed by atoms with E-state index in [1.54, 1.807) is 36.8 Å². The number of hydrogen-bond donors (Lipinski definition) is 2. The van der Waals surface area contributed by atoms with E-state index in [1.165, 1.54) is 4.57 Å². The summed E-state index contributed by atoms with van der Waals surface area (Å²) < 4.78 is 40.0. The summed E-state index contributed by atoms with van der Waals surface area (Å²) in [6, 6.07) is 10.1. The zero-order valence-electron chi connectivity index (χ0n) is 17.2. The van der Waals surface area contributed by atoms with Gasteiger partial charge in [0.2, 0.25) is 0 Å². The third-order valence-corrected chi connectivity index (χ3v) is 6.19. The van der Waals surface area contributed by atoms with Crippen molar-refractivity contribution in [2.75, 3.05) is 17.7 Å². The highest BCUT2D eigenvalue weighted by Crippen LogP contribution is 2.35. The molecule has 0 aliphatic rings. The number of nitrogen functional groups attached to an aromatic ring is 1. The molecule has 2 heterocycles. The number of halogens is 3. The van der Waals surface area contributed by atoms with Gasteiger partial charge in [0.15, 0.2) is 5.82 Å². The summed E-state index contributed by atoms with van der Waals surface area (Å²) in [6.45, 7) is 2.01. The maximum Gasteiger partial charge on any atom is 0.430 e. The van der Waals surface area contributed by atoms with Crippen molar-refractivity contribution in [3.63, 3.8) is 0 Å². The van der Waals surface area contributed by atoms with Gasteiger partial charge in [-0.2, -0.15) is 13.2 Å². The Bertz CT molecular complexity index is 1120. The number of thioether (sulfide) groups is 2. The standard InChI is InChI=1S/C21H22F3N5S2/c1-4-31-16-9-13(12-6-5-7-14(8-12)30-3)11-27-18(16)20-28-15(19(26)29(20)2)10-17(25)21(22,23)24/h5-11H,4,25-26H2,1-3H3/b17-10-. The second-order valence-electron chi connectivity index (χ2n) is 6.60. The lowest BCUT2D eigenvalue weighted by Crippen LogP contribution is -2.19. The van der Waals surface area contributed by atoms with Crippen molar-refractivity contribution < 1.29 is 13.2 Å². The van der Waals surface area contributed by atoms with Crippen molar-refractivity contribution in [1.82, 2.24) is 14.5 Å². The predicted octanol–water partition coefficient (Wildman–Crippen LogP) is 5.43. The molecular weight excluding hydrogens is 443 g/mol. The zero-order valence-corrected chi connectivity index (χ0v) is 18.8. The largest absolute Gasteiger partial charge is 0.430 e. The zero-order chi connectivity index (χ0) is 22.8. The highest BCUT2D eigenvalue weighted by Gasteiger charge is 2.32. The summed E-state index contributed by atoms with van der Waals surface area (Å²) in [5.74, 6) is 1.24. The molecule has 3 aromatic rings. The molecular formula is C21H22F3N5S2. The van der Waals surface area contributed by atoms with Crippen molar-refractivity contribution in [2.24, 2.45) is 12.8 Å². The molecule has 0 fully saturated rings. The number of anilines is 1. The highest BCUT2D eigenvalue weighted by atomic mass is 32.2. The molecule has 0 spiro atoms. The molecule has 0 saturated carbocycles. The highest BCUT2D eigenvalue weighted by molar-refractivity contribution is 7.99. The van der Waals surface area contributed by atoms with Crippen LogP contribution in [0.3, 0.4) is 0 Å². The summed E-state index contributed by atoms with van der Waals surface area (Å²) >= 11 is 3.23. The molecule has 2 aromatic heterocycles. The number of pyridine rings is 1. The second kappa shape index (κ2) is 9.27. The molecule has 5 nitrogen and oxygen atoms in total. The maximum absolute atomic E-state index is 12.8. The van der Waals surface area contributed by atoms with Gasteiger partial charge in [-0.15, -0.1) is 23.5 Å². The minimum absolute atomic E-state index is 0.0432. The molecule has 164 valence electrons. The number of hydrogen-bond acceptors (Lipinski definition) is 6. The molecule has 0 aliphatic carbocycles. The van der Waals surface area contributed by atoms with Crippen LogP contribution in [0.5, 0.6) is 0 Å². The third-order valence-electron chi connectivity index (χ3n) is 4.55. The van der Waals surface area contributed by atoms with E-state index in [-0.39, 0.29) is 11.5 Å². The van der Waals surface area contributed by atoms with Crippen molar-refractivity contribution in [3.8, 4) is 22.6 Å². The van der Waals surface area contributed by atoms with Crippen molar-refractivity contribution in [3.05, 3.63) is 47.9 Å². The van der Waals surface area contributed by atoms with E-state index in [0.717, 1.165) is 32.7 Å². The summed E-state index contributed by atoms with van der Waals surface area (Å²) in [4.78, 5) is 10.9. The van der Waals surface area contributed by atoms with Gasteiger partial charge in [-0.3, -0.25) is 4.98 Å². The summed E-state index contributed by atoms with van der Waals surface area (Å²) in [5, 5.41) is 0. The van der Waals surface area contributed by atoms with Gasteiger partial charge >= 0.3 is 6.18 Å². The average Bonchev–Trinajstić information content (AvgIpc) is 3.01. The number of benzene rings is 1. The molecule has 0 bridgehead atoms. The number of nitrogens with zero attached hydrogens (tertiary/aromatic N) is 3. The van der Waals surface area contributed by atoms with Crippen LogP contribution in [0, 0.1) is 0 Å². The van der Waals surface area contributed by atoms with Crippen LogP contribution in [0.2, 0.25) is 0 Å². The van der Waals surface area contributed by atoms with Crippen LogP contribution >= 0.6 is 23.5 Å². The van der Waals surface area contributed by atoms with Gasteiger partial charge in [-0.1, -0.05) is 19.1 Å². The lowest BCUT2D eigenvalue weighted by molar-refractivity contribution is -0.0916. The maximum atomic E-state index is 12.8. The Morgan fingerprint density at radius 2 is 1.97 bits per heavy atom. The first-order valence-electron chi connectivity index (χ1n) is 9.29. The van der Waals surface area contributed by atoms with Gasteiger partial charge in [-0.05, 0) is 41.8 Å². The molecule has 0 atom stereocenters. The van der Waals surface area contributed by atoms with E-state index in [4.69, 9.17) is 11.5 Å². The molecule has 0 amide bonds. The lowest BCUT2D eigenvalue weighted by atomic mass is 10.1. The Morgan fingerprint density at radius 3 is 2.61 bits per heavy atom. The summed E-state index contributed by atoms with van der Waals surface area (Å²) in [6.07, 6.45) is -0.160. The van der Waals surface area contributed by atoms with E-state index in [0.29, 0.717) is 11.5 Å². The van der Waals surface area contributed by atoms with E-state index in [2.05, 4.69) is 16.0 Å². The number of aromatic nitrogens is 3. The average molecular weight is 466 g/mol. The van der Waals surface area contributed by atoms with Crippen LogP contribution in [0.1, 0.15) is 12.6 Å². The van der Waals surface area contributed by atoms with Gasteiger partial charge in [0, 0.05) is 28.6 Å². The van der Waals surface area contributed by atoms with E-state index >= 15 is 0 Å². The SMILES string of the molecule is CCSc1cc(-c2cccc(SC)c2)cnc1-c1nc(/C=C(\N)C(F)(F)F)c(N)n1C. The first-order valence-corrected chi connectivity index (χ1v) is 11.5. The van der Waals surface area contributed by atoms with Crippen molar-refractivity contribution >= 4 is 35.4 Å². The second-order valence-corrected chi connectivity index (χ2v) is 8.78. The summed E-state index contributed by atoms with van der Waals surface area (Å²) in [5.41, 5.74) is 12.4. The van der Waals surface area contributed by atoms with Crippen LogP contribution in [-0.4, -0.2) is 32.7 Å². The monoisotopic (exact) mass is 465 g/mol. The fourth-order valence-electron chi connectivity index (χ4n) is 2.92. The van der Waals surface area contributed by atoms with E-state index in [1.807, 2.05) is 37.4 Å². The lowest BCUT2D eigenvalue weighted by Gasteiger charge is -2.11. The minimum Gasteiger partial charge on any atom is -0.395 e.